The van der Waals surface area contributed by atoms with Gasteiger partial charge in [0.05, 0.1) is 32.3 Å². The number of carbonyl (C=O) groups excluding carboxylic acids is 1. The van der Waals surface area contributed by atoms with Gasteiger partial charge in [-0.15, -0.1) is 0 Å². The SMILES string of the molecule is COc1cc2c(cc1OC)C(COc1ccccc1OC)N(C(=O)c1cccc([N+](=O)[O-])c1C)CC2. The summed E-state index contributed by atoms with van der Waals surface area (Å²) < 4.78 is 22.6. The predicted molar refractivity (Wildman–Crippen MR) is 133 cm³/mol. The first-order valence-corrected chi connectivity index (χ1v) is 11.4. The highest BCUT2D eigenvalue weighted by atomic mass is 16.6. The Balaban J connectivity index is 1.76. The Morgan fingerprint density at radius 3 is 2.31 bits per heavy atom. The van der Waals surface area contributed by atoms with Gasteiger partial charge in [-0.25, -0.2) is 0 Å². The van der Waals surface area contributed by atoms with Gasteiger partial charge in [0.15, 0.2) is 23.0 Å². The molecule has 1 unspecified atom stereocenters. The monoisotopic (exact) mass is 492 g/mol. The Morgan fingerprint density at radius 2 is 1.64 bits per heavy atom. The van der Waals surface area contributed by atoms with Crippen LogP contribution in [0.15, 0.2) is 54.6 Å². The number of ether oxygens (including phenoxy) is 4. The third-order valence-corrected chi connectivity index (χ3v) is 6.46. The summed E-state index contributed by atoms with van der Waals surface area (Å²) in [5.74, 6) is 1.97. The van der Waals surface area contributed by atoms with Gasteiger partial charge in [-0.05, 0) is 54.8 Å². The summed E-state index contributed by atoms with van der Waals surface area (Å²) in [6.07, 6.45) is 0.584. The van der Waals surface area contributed by atoms with Gasteiger partial charge in [0.25, 0.3) is 11.6 Å². The van der Waals surface area contributed by atoms with Gasteiger partial charge in [0.2, 0.25) is 0 Å². The van der Waals surface area contributed by atoms with E-state index in [-0.39, 0.29) is 23.8 Å². The van der Waals surface area contributed by atoms with E-state index in [9.17, 15) is 14.9 Å². The molecule has 1 aliphatic rings. The fourth-order valence-corrected chi connectivity index (χ4v) is 4.57. The lowest BCUT2D eigenvalue weighted by Gasteiger charge is -2.38. The van der Waals surface area contributed by atoms with Crippen LogP contribution in [-0.2, 0) is 6.42 Å². The second-order valence-electron chi connectivity index (χ2n) is 8.34. The smallest absolute Gasteiger partial charge is 0.273 e. The number of nitro benzene ring substituents is 1. The van der Waals surface area contributed by atoms with Crippen molar-refractivity contribution in [1.29, 1.82) is 0 Å². The average molecular weight is 493 g/mol. The molecule has 3 aromatic rings. The Hall–Kier alpha value is -4.27. The quantitative estimate of drug-likeness (QED) is 0.330. The first-order chi connectivity index (χ1) is 17.4. The van der Waals surface area contributed by atoms with Gasteiger partial charge in [-0.3, -0.25) is 14.9 Å². The Bertz CT molecular complexity index is 1290. The zero-order chi connectivity index (χ0) is 25.8. The minimum Gasteiger partial charge on any atom is -0.493 e. The number of hydrogen-bond donors (Lipinski definition) is 0. The number of benzene rings is 3. The van der Waals surface area contributed by atoms with Crippen LogP contribution in [0.3, 0.4) is 0 Å². The molecule has 0 fully saturated rings. The lowest BCUT2D eigenvalue weighted by Crippen LogP contribution is -2.43. The molecule has 9 heteroatoms. The van der Waals surface area contributed by atoms with Crippen LogP contribution in [0.5, 0.6) is 23.0 Å². The average Bonchev–Trinajstić information content (AvgIpc) is 2.90. The molecule has 0 saturated carbocycles. The minimum absolute atomic E-state index is 0.0912. The van der Waals surface area contributed by atoms with E-state index in [1.165, 1.54) is 12.1 Å². The molecular weight excluding hydrogens is 464 g/mol. The standard InChI is InChI=1S/C27H28N2O7/c1-17-19(8-7-9-21(17)29(31)32)27(30)28-13-12-18-14-25(34-3)26(35-4)15-20(18)22(28)16-36-24-11-6-5-10-23(24)33-2/h5-11,14-15,22H,12-13,16H2,1-4H3. The Kier molecular flexibility index (Phi) is 7.28. The fraction of sp³-hybridized carbons (Fsp3) is 0.296. The van der Waals surface area contributed by atoms with Crippen LogP contribution in [0.2, 0.25) is 0 Å². The van der Waals surface area contributed by atoms with Crippen LogP contribution < -0.4 is 18.9 Å². The van der Waals surface area contributed by atoms with E-state index in [1.807, 2.05) is 24.3 Å². The van der Waals surface area contributed by atoms with E-state index in [4.69, 9.17) is 18.9 Å². The molecule has 9 nitrogen and oxygen atoms in total. The van der Waals surface area contributed by atoms with Crippen molar-refractivity contribution >= 4 is 11.6 Å². The molecule has 1 atom stereocenters. The molecule has 1 aliphatic heterocycles. The zero-order valence-electron chi connectivity index (χ0n) is 20.6. The molecule has 3 aromatic carbocycles. The number of rotatable bonds is 8. The third-order valence-electron chi connectivity index (χ3n) is 6.46. The molecule has 0 spiro atoms. The highest BCUT2D eigenvalue weighted by molar-refractivity contribution is 5.97. The zero-order valence-corrected chi connectivity index (χ0v) is 20.6. The van der Waals surface area contributed by atoms with Gasteiger partial charge in [0, 0.05) is 23.7 Å². The number of hydrogen-bond acceptors (Lipinski definition) is 7. The maximum absolute atomic E-state index is 13.8. The molecule has 188 valence electrons. The summed E-state index contributed by atoms with van der Waals surface area (Å²) >= 11 is 0. The maximum atomic E-state index is 13.8. The van der Waals surface area contributed by atoms with Crippen LogP contribution in [0.1, 0.15) is 33.1 Å². The molecule has 0 radical (unpaired) electrons. The molecule has 0 N–H and O–H groups in total. The summed E-state index contributed by atoms with van der Waals surface area (Å²) in [5, 5.41) is 11.5. The number of nitro groups is 1. The van der Waals surface area contributed by atoms with Gasteiger partial charge in [0.1, 0.15) is 6.61 Å². The largest absolute Gasteiger partial charge is 0.493 e. The summed E-state index contributed by atoms with van der Waals surface area (Å²) in [6.45, 7) is 2.14. The number of nitrogens with zero attached hydrogens (tertiary/aromatic N) is 2. The van der Waals surface area contributed by atoms with E-state index in [0.717, 1.165) is 11.1 Å². The second kappa shape index (κ2) is 10.6. The Labute approximate surface area is 209 Å². The van der Waals surface area contributed by atoms with Crippen molar-refractivity contribution in [2.45, 2.75) is 19.4 Å². The molecule has 36 heavy (non-hydrogen) atoms. The summed E-state index contributed by atoms with van der Waals surface area (Å²) in [6, 6.07) is 15.1. The van der Waals surface area contributed by atoms with E-state index < -0.39 is 11.0 Å². The van der Waals surface area contributed by atoms with Gasteiger partial charge in [-0.1, -0.05) is 18.2 Å². The van der Waals surface area contributed by atoms with Crippen molar-refractivity contribution in [1.82, 2.24) is 4.90 Å². The molecule has 1 heterocycles. The van der Waals surface area contributed by atoms with Gasteiger partial charge in [-0.2, -0.15) is 0 Å². The molecule has 0 saturated heterocycles. The van der Waals surface area contributed by atoms with Crippen molar-refractivity contribution in [3.63, 3.8) is 0 Å². The van der Waals surface area contributed by atoms with Gasteiger partial charge < -0.3 is 23.8 Å². The lowest BCUT2D eigenvalue weighted by atomic mass is 9.91. The number of para-hydroxylation sites is 2. The second-order valence-corrected chi connectivity index (χ2v) is 8.34. The topological polar surface area (TPSA) is 100 Å². The first-order valence-electron chi connectivity index (χ1n) is 11.4. The van der Waals surface area contributed by atoms with E-state index in [2.05, 4.69) is 0 Å². The van der Waals surface area contributed by atoms with Crippen molar-refractivity contribution in [2.75, 3.05) is 34.5 Å². The fourth-order valence-electron chi connectivity index (χ4n) is 4.57. The van der Waals surface area contributed by atoms with Crippen molar-refractivity contribution < 1.29 is 28.7 Å². The van der Waals surface area contributed by atoms with Crippen LogP contribution in [0, 0.1) is 17.0 Å². The third kappa shape index (κ3) is 4.64. The van der Waals surface area contributed by atoms with E-state index >= 15 is 0 Å². The summed E-state index contributed by atoms with van der Waals surface area (Å²) in [4.78, 5) is 26.5. The maximum Gasteiger partial charge on any atom is 0.273 e. The first kappa shape index (κ1) is 24.8. The van der Waals surface area contributed by atoms with E-state index in [0.29, 0.717) is 41.5 Å². The minimum atomic E-state index is -0.482. The van der Waals surface area contributed by atoms with Crippen LogP contribution in [0.4, 0.5) is 5.69 Å². The number of methoxy groups -OCH3 is 3. The molecule has 0 aliphatic carbocycles. The van der Waals surface area contributed by atoms with Crippen molar-refractivity contribution in [2.24, 2.45) is 0 Å². The van der Waals surface area contributed by atoms with Crippen molar-refractivity contribution in [3.8, 4) is 23.0 Å². The highest BCUT2D eigenvalue weighted by Gasteiger charge is 2.35. The summed E-state index contributed by atoms with van der Waals surface area (Å²) in [7, 11) is 4.70. The van der Waals surface area contributed by atoms with Crippen LogP contribution >= 0.6 is 0 Å². The highest BCUT2D eigenvalue weighted by Crippen LogP contribution is 2.40. The van der Waals surface area contributed by atoms with E-state index in [1.54, 1.807) is 51.4 Å². The number of amides is 1. The molecule has 1 amide bonds. The number of fused-ring (bicyclic) bond motifs is 1. The van der Waals surface area contributed by atoms with Crippen LogP contribution in [0.25, 0.3) is 0 Å². The van der Waals surface area contributed by atoms with Crippen LogP contribution in [-0.4, -0.2) is 50.2 Å². The Morgan fingerprint density at radius 1 is 0.972 bits per heavy atom. The summed E-state index contributed by atoms with van der Waals surface area (Å²) in [5.41, 5.74) is 2.41. The van der Waals surface area contributed by atoms with Gasteiger partial charge >= 0.3 is 0 Å². The molecular formula is C27H28N2O7. The van der Waals surface area contributed by atoms with Crippen molar-refractivity contribution in [3.05, 3.63) is 87.0 Å². The lowest BCUT2D eigenvalue weighted by molar-refractivity contribution is -0.385. The molecule has 4 rings (SSSR count). The normalized spacial score (nSPS) is 14.6. The number of carbonyl (C=O) groups is 1. The molecule has 0 bridgehead atoms. The predicted octanol–water partition coefficient (Wildman–Crippen LogP) is 4.75. The molecule has 0 aromatic heterocycles.